The highest BCUT2D eigenvalue weighted by Gasteiger charge is 2.17. The summed E-state index contributed by atoms with van der Waals surface area (Å²) in [5.74, 6) is -0.303. The van der Waals surface area contributed by atoms with Crippen molar-refractivity contribution in [2.24, 2.45) is 0 Å². The zero-order valence-electron chi connectivity index (χ0n) is 10.4. The molecule has 0 aliphatic heterocycles. The summed E-state index contributed by atoms with van der Waals surface area (Å²) in [7, 11) is 0. The minimum Gasteiger partial charge on any atom is -0.465 e. The predicted molar refractivity (Wildman–Crippen MR) is 60.2 cm³/mol. The first-order valence-electron chi connectivity index (χ1n) is 5.87. The monoisotopic (exact) mass is 253 g/mol. The van der Waals surface area contributed by atoms with Crippen molar-refractivity contribution in [3.8, 4) is 0 Å². The van der Waals surface area contributed by atoms with Crippen molar-refractivity contribution in [1.29, 1.82) is 0 Å². The Bertz CT molecular complexity index is 203. The van der Waals surface area contributed by atoms with Gasteiger partial charge in [-0.1, -0.05) is 13.3 Å². The highest BCUT2D eigenvalue weighted by Crippen LogP contribution is 1.99. The van der Waals surface area contributed by atoms with Gasteiger partial charge in [-0.3, -0.25) is 4.79 Å². The normalized spacial score (nSPS) is 12.8. The highest BCUT2D eigenvalue weighted by atomic mass is 19.3. The zero-order chi connectivity index (χ0) is 13.1. The van der Waals surface area contributed by atoms with Crippen LogP contribution in [0.2, 0.25) is 0 Å². The Hall–Kier alpha value is -0.750. The number of hydrogen-bond donors (Lipinski definition) is 1. The molecule has 0 aromatic carbocycles. The Labute approximate surface area is 101 Å². The van der Waals surface area contributed by atoms with E-state index in [-0.39, 0.29) is 18.6 Å². The molecule has 0 rings (SSSR count). The molecule has 0 fully saturated rings. The Morgan fingerprint density at radius 1 is 1.35 bits per heavy atom. The molecule has 0 spiro atoms. The van der Waals surface area contributed by atoms with Gasteiger partial charge in [0, 0.05) is 6.54 Å². The molecule has 1 N–H and O–H groups in total. The van der Waals surface area contributed by atoms with Crippen molar-refractivity contribution in [3.05, 3.63) is 0 Å². The summed E-state index contributed by atoms with van der Waals surface area (Å²) in [6.45, 7) is 3.98. The van der Waals surface area contributed by atoms with Crippen LogP contribution in [0.15, 0.2) is 0 Å². The number of ether oxygens (including phenoxy) is 2. The molecule has 0 aromatic heterocycles. The summed E-state index contributed by atoms with van der Waals surface area (Å²) in [6, 6.07) is -0.380. The molecule has 0 heterocycles. The maximum absolute atomic E-state index is 11.8. The van der Waals surface area contributed by atoms with Crippen LogP contribution in [0.5, 0.6) is 0 Å². The van der Waals surface area contributed by atoms with Gasteiger partial charge in [0.1, 0.15) is 12.6 Å². The largest absolute Gasteiger partial charge is 0.465 e. The minimum absolute atomic E-state index is 0.157. The molecule has 17 heavy (non-hydrogen) atoms. The van der Waals surface area contributed by atoms with Crippen molar-refractivity contribution in [2.45, 2.75) is 39.2 Å². The van der Waals surface area contributed by atoms with E-state index in [1.54, 1.807) is 6.92 Å². The van der Waals surface area contributed by atoms with Crippen LogP contribution < -0.4 is 5.32 Å². The van der Waals surface area contributed by atoms with E-state index in [2.05, 4.69) is 5.32 Å². The fourth-order valence-electron chi connectivity index (χ4n) is 1.31. The van der Waals surface area contributed by atoms with Gasteiger partial charge in [-0.15, -0.1) is 0 Å². The third kappa shape index (κ3) is 9.00. The van der Waals surface area contributed by atoms with E-state index >= 15 is 0 Å². The molecular weight excluding hydrogens is 232 g/mol. The van der Waals surface area contributed by atoms with Crippen LogP contribution in [0.25, 0.3) is 0 Å². The van der Waals surface area contributed by atoms with E-state index in [9.17, 15) is 13.6 Å². The summed E-state index contributed by atoms with van der Waals surface area (Å²) >= 11 is 0. The van der Waals surface area contributed by atoms with Gasteiger partial charge in [0.15, 0.2) is 0 Å². The molecular formula is C11H21F2NO3. The number of carbonyl (C=O) groups excluding carboxylic acids is 1. The number of esters is 1. The van der Waals surface area contributed by atoms with Crippen molar-refractivity contribution in [1.82, 2.24) is 5.32 Å². The lowest BCUT2D eigenvalue weighted by atomic mass is 10.1. The molecule has 1 atom stereocenters. The molecule has 0 saturated carbocycles. The first-order chi connectivity index (χ1) is 8.11. The third-order valence-corrected chi connectivity index (χ3v) is 2.03. The average Bonchev–Trinajstić information content (AvgIpc) is 2.27. The topological polar surface area (TPSA) is 47.6 Å². The van der Waals surface area contributed by atoms with E-state index in [1.165, 1.54) is 0 Å². The third-order valence-electron chi connectivity index (χ3n) is 2.03. The second-order valence-electron chi connectivity index (χ2n) is 3.51. The van der Waals surface area contributed by atoms with Gasteiger partial charge in [-0.25, -0.2) is 8.78 Å². The number of carbonyl (C=O) groups is 1. The number of halogens is 2. The number of alkyl halides is 2. The molecule has 102 valence electrons. The maximum atomic E-state index is 11.8. The quantitative estimate of drug-likeness (QED) is 0.474. The Morgan fingerprint density at radius 3 is 2.59 bits per heavy atom. The SMILES string of the molecule is CCCC(NCCOCC(F)F)C(=O)OCC. The van der Waals surface area contributed by atoms with Crippen molar-refractivity contribution < 1.29 is 23.0 Å². The van der Waals surface area contributed by atoms with Gasteiger partial charge < -0.3 is 14.8 Å². The van der Waals surface area contributed by atoms with E-state index in [4.69, 9.17) is 9.47 Å². The van der Waals surface area contributed by atoms with Crippen molar-refractivity contribution >= 4 is 5.97 Å². The summed E-state index contributed by atoms with van der Waals surface area (Å²) in [5, 5.41) is 2.93. The van der Waals surface area contributed by atoms with E-state index in [0.717, 1.165) is 6.42 Å². The first kappa shape index (κ1) is 16.2. The van der Waals surface area contributed by atoms with E-state index in [1.807, 2.05) is 6.92 Å². The van der Waals surface area contributed by atoms with Crippen molar-refractivity contribution in [2.75, 3.05) is 26.4 Å². The zero-order valence-corrected chi connectivity index (χ0v) is 10.4. The number of hydrogen-bond acceptors (Lipinski definition) is 4. The molecule has 0 aromatic rings. The lowest BCUT2D eigenvalue weighted by molar-refractivity contribution is -0.145. The van der Waals surface area contributed by atoms with Crippen LogP contribution in [0.4, 0.5) is 8.78 Å². The lowest BCUT2D eigenvalue weighted by Crippen LogP contribution is -2.39. The van der Waals surface area contributed by atoms with Crippen molar-refractivity contribution in [3.63, 3.8) is 0 Å². The highest BCUT2D eigenvalue weighted by molar-refractivity contribution is 5.75. The maximum Gasteiger partial charge on any atom is 0.323 e. The second-order valence-corrected chi connectivity index (χ2v) is 3.51. The van der Waals surface area contributed by atoms with Gasteiger partial charge in [-0.2, -0.15) is 0 Å². The lowest BCUT2D eigenvalue weighted by Gasteiger charge is -2.16. The fraction of sp³-hybridized carbons (Fsp3) is 0.909. The standard InChI is InChI=1S/C11H21F2NO3/c1-3-5-9(11(15)17-4-2)14-6-7-16-8-10(12)13/h9-10,14H,3-8H2,1-2H3. The van der Waals surface area contributed by atoms with E-state index < -0.39 is 13.0 Å². The molecule has 0 saturated heterocycles. The first-order valence-corrected chi connectivity index (χ1v) is 5.87. The van der Waals surface area contributed by atoms with Crippen LogP contribution in [-0.4, -0.2) is 44.8 Å². The molecule has 1 unspecified atom stereocenters. The molecule has 6 heteroatoms. The average molecular weight is 253 g/mol. The summed E-state index contributed by atoms with van der Waals surface area (Å²) < 4.78 is 33.1. The molecule has 4 nitrogen and oxygen atoms in total. The second kappa shape index (κ2) is 10.4. The number of rotatable bonds is 10. The van der Waals surface area contributed by atoms with Gasteiger partial charge in [-0.05, 0) is 13.3 Å². The Kier molecular flexibility index (Phi) is 9.95. The summed E-state index contributed by atoms with van der Waals surface area (Å²) in [6.07, 6.45) is -0.950. The molecule has 0 aliphatic rings. The summed E-state index contributed by atoms with van der Waals surface area (Å²) in [5.41, 5.74) is 0. The fourth-order valence-corrected chi connectivity index (χ4v) is 1.31. The number of nitrogens with one attached hydrogen (secondary N) is 1. The van der Waals surface area contributed by atoms with Gasteiger partial charge in [0.05, 0.1) is 13.2 Å². The summed E-state index contributed by atoms with van der Waals surface area (Å²) in [4.78, 5) is 11.5. The van der Waals surface area contributed by atoms with Crippen LogP contribution in [0.1, 0.15) is 26.7 Å². The smallest absolute Gasteiger partial charge is 0.323 e. The molecule has 0 amide bonds. The molecule has 0 radical (unpaired) electrons. The van der Waals surface area contributed by atoms with Crippen LogP contribution >= 0.6 is 0 Å². The van der Waals surface area contributed by atoms with Crippen LogP contribution in [0.3, 0.4) is 0 Å². The minimum atomic E-state index is -2.45. The Balaban J connectivity index is 3.73. The van der Waals surface area contributed by atoms with Gasteiger partial charge in [0.2, 0.25) is 0 Å². The van der Waals surface area contributed by atoms with Crippen LogP contribution in [0, 0.1) is 0 Å². The predicted octanol–water partition coefficient (Wildman–Crippen LogP) is 1.59. The van der Waals surface area contributed by atoms with E-state index in [0.29, 0.717) is 19.6 Å². The van der Waals surface area contributed by atoms with Gasteiger partial charge >= 0.3 is 5.97 Å². The molecule has 0 aliphatic carbocycles. The van der Waals surface area contributed by atoms with Crippen LogP contribution in [-0.2, 0) is 14.3 Å². The Morgan fingerprint density at radius 2 is 2.06 bits per heavy atom. The molecule has 0 bridgehead atoms. The van der Waals surface area contributed by atoms with Gasteiger partial charge in [0.25, 0.3) is 6.43 Å².